The molecule has 0 aliphatic heterocycles. The van der Waals surface area contributed by atoms with Crippen LogP contribution >= 0.6 is 11.8 Å². The minimum absolute atomic E-state index is 0.0219. The highest BCUT2D eigenvalue weighted by molar-refractivity contribution is 7.98. The van der Waals surface area contributed by atoms with E-state index in [9.17, 15) is 4.79 Å². The minimum Gasteiger partial charge on any atom is -0.472 e. The minimum atomic E-state index is -0.741. The summed E-state index contributed by atoms with van der Waals surface area (Å²) in [6.45, 7) is 2.65. The normalized spacial score (nSPS) is 12.4. The van der Waals surface area contributed by atoms with E-state index in [1.165, 1.54) is 12.1 Å². The van der Waals surface area contributed by atoms with Crippen LogP contribution in [0.1, 0.15) is 23.2 Å². The molecule has 3 rings (SSSR count). The molecule has 11 heteroatoms. The fraction of sp³-hybridized carbons (Fsp3) is 0.240. The van der Waals surface area contributed by atoms with E-state index in [0.717, 1.165) is 10.6 Å². The van der Waals surface area contributed by atoms with Crippen LogP contribution < -0.4 is 20.5 Å². The van der Waals surface area contributed by atoms with Gasteiger partial charge in [-0.25, -0.2) is 0 Å². The fourth-order valence-electron chi connectivity index (χ4n) is 2.87. The molecule has 0 bridgehead atoms. The highest BCUT2D eigenvalue weighted by Gasteiger charge is 2.16. The number of nitrogens with one attached hydrogen (secondary N) is 1. The second-order valence-corrected chi connectivity index (χ2v) is 8.29. The van der Waals surface area contributed by atoms with Gasteiger partial charge in [-0.15, -0.1) is 11.8 Å². The number of carbonyl (C=O) groups excluding carboxylic acids is 1. The average molecular weight is 509 g/mol. The third-order valence-corrected chi connectivity index (χ3v) is 5.23. The third kappa shape index (κ3) is 8.67. The molecule has 3 N–H and O–H groups in total. The molecule has 0 saturated heterocycles. The van der Waals surface area contributed by atoms with Gasteiger partial charge in [0.2, 0.25) is 17.6 Å². The summed E-state index contributed by atoms with van der Waals surface area (Å²) in [4.78, 5) is 30.3. The summed E-state index contributed by atoms with van der Waals surface area (Å²) in [5, 5.41) is 3.03. The molecule has 1 unspecified atom stereocenters. The number of nitrogens with two attached hydrogens (primary N) is 1. The van der Waals surface area contributed by atoms with Crippen LogP contribution in [-0.4, -0.2) is 52.8 Å². The van der Waals surface area contributed by atoms with Gasteiger partial charge in [0.05, 0.1) is 24.9 Å². The van der Waals surface area contributed by atoms with Crippen LogP contribution in [0.4, 0.5) is 0 Å². The first-order valence-corrected chi connectivity index (χ1v) is 12.2. The number of carbonyl (C=O) groups is 1. The molecule has 2 heterocycles. The number of pyridine rings is 1. The topological polar surface area (TPSA) is 134 Å². The molecule has 10 nitrogen and oxygen atoms in total. The number of hydrogen-bond acceptors (Lipinski definition) is 9. The van der Waals surface area contributed by atoms with E-state index in [1.807, 2.05) is 55.6 Å². The highest BCUT2D eigenvalue weighted by Crippen LogP contribution is 2.25. The quantitative estimate of drug-likeness (QED) is 0.212. The molecule has 1 amide bonds. The van der Waals surface area contributed by atoms with Crippen LogP contribution in [0, 0.1) is 0 Å². The maximum Gasteiger partial charge on any atom is 0.316 e. The Balaban J connectivity index is 1.75. The number of ether oxygens (including phenoxy) is 3. The highest BCUT2D eigenvalue weighted by atomic mass is 32.2. The molecule has 1 aromatic carbocycles. The zero-order valence-electron chi connectivity index (χ0n) is 20.2. The van der Waals surface area contributed by atoms with E-state index in [0.29, 0.717) is 18.9 Å². The van der Waals surface area contributed by atoms with Crippen molar-refractivity contribution in [3.05, 3.63) is 78.5 Å². The van der Waals surface area contributed by atoms with Crippen LogP contribution in [-0.2, 0) is 11.3 Å². The first-order chi connectivity index (χ1) is 17.5. The largest absolute Gasteiger partial charge is 0.472 e. The lowest BCUT2D eigenvalue weighted by Gasteiger charge is -2.14. The van der Waals surface area contributed by atoms with Crippen molar-refractivity contribution in [1.82, 2.24) is 20.3 Å². The lowest BCUT2D eigenvalue weighted by Crippen LogP contribution is -2.20. The summed E-state index contributed by atoms with van der Waals surface area (Å²) < 4.78 is 16.7. The van der Waals surface area contributed by atoms with Crippen LogP contribution in [0.5, 0.6) is 17.5 Å². The van der Waals surface area contributed by atoms with Crippen molar-refractivity contribution in [3.8, 4) is 17.5 Å². The lowest BCUT2D eigenvalue weighted by atomic mass is 10.3. The summed E-state index contributed by atoms with van der Waals surface area (Å²) in [7, 11) is 1.57. The van der Waals surface area contributed by atoms with Crippen LogP contribution in [0.2, 0.25) is 0 Å². The third-order valence-electron chi connectivity index (χ3n) is 4.49. The number of amidine groups is 1. The Morgan fingerprint density at radius 3 is 2.67 bits per heavy atom. The second kappa shape index (κ2) is 13.8. The van der Waals surface area contributed by atoms with Crippen molar-refractivity contribution >= 4 is 23.5 Å². The van der Waals surface area contributed by atoms with Gasteiger partial charge in [0.1, 0.15) is 17.7 Å². The summed E-state index contributed by atoms with van der Waals surface area (Å²) >= 11 is 1.62. The number of thioether (sulfide) groups is 1. The van der Waals surface area contributed by atoms with E-state index in [1.54, 1.807) is 31.3 Å². The van der Waals surface area contributed by atoms with Crippen molar-refractivity contribution in [2.75, 3.05) is 20.0 Å². The Morgan fingerprint density at radius 1 is 1.19 bits per heavy atom. The molecule has 0 radical (unpaired) electrons. The zero-order chi connectivity index (χ0) is 25.8. The van der Waals surface area contributed by atoms with Crippen molar-refractivity contribution in [2.45, 2.75) is 24.5 Å². The summed E-state index contributed by atoms with van der Waals surface area (Å²) in [6, 6.07) is 14.6. The van der Waals surface area contributed by atoms with Crippen molar-refractivity contribution < 1.29 is 19.0 Å². The standard InChI is InChI=1S/C25H28N6O4S/c1-17(16-33-2)34-22-14-23(35-19-7-9-20(36-3)10-8-19)31-24(30-22)25(32)29-21(26)11-13-27-15-18-6-4-5-12-28-18/h4-14,17,27H,15-16H2,1-3H3,(H2,26,29,32)/b13-11-. The van der Waals surface area contributed by atoms with Gasteiger partial charge >= 0.3 is 5.91 Å². The van der Waals surface area contributed by atoms with Gasteiger partial charge in [0.15, 0.2) is 0 Å². The van der Waals surface area contributed by atoms with Gasteiger partial charge in [-0.2, -0.15) is 15.0 Å². The number of methoxy groups -OCH3 is 1. The molecule has 3 aromatic rings. The number of benzene rings is 1. The van der Waals surface area contributed by atoms with Gasteiger partial charge in [0, 0.05) is 24.4 Å². The second-order valence-electron chi connectivity index (χ2n) is 7.41. The van der Waals surface area contributed by atoms with Crippen LogP contribution in [0.15, 0.2) is 76.9 Å². The molecular formula is C25H28N6O4S. The van der Waals surface area contributed by atoms with Gasteiger partial charge < -0.3 is 25.3 Å². The SMILES string of the molecule is COCC(C)Oc1cc(Oc2ccc(SC)cc2)nc(C(=O)N=C(N)/C=C\NCc2ccccn2)n1. The molecule has 0 aliphatic rings. The molecule has 36 heavy (non-hydrogen) atoms. The molecule has 0 fully saturated rings. The number of aliphatic imine (C=N–C) groups is 1. The zero-order valence-corrected chi connectivity index (χ0v) is 21.1. The number of nitrogens with zero attached hydrogens (tertiary/aromatic N) is 4. The maximum absolute atomic E-state index is 12.8. The van der Waals surface area contributed by atoms with Crippen LogP contribution in [0.3, 0.4) is 0 Å². The molecule has 2 aromatic heterocycles. The fourth-order valence-corrected chi connectivity index (χ4v) is 3.27. The Morgan fingerprint density at radius 2 is 1.97 bits per heavy atom. The van der Waals surface area contributed by atoms with Gasteiger partial charge in [-0.3, -0.25) is 9.78 Å². The molecule has 188 valence electrons. The molecule has 0 saturated carbocycles. The first-order valence-electron chi connectivity index (χ1n) is 11.0. The summed E-state index contributed by atoms with van der Waals surface area (Å²) in [5.74, 6) is -0.154. The Bertz CT molecular complexity index is 1190. The number of hydrogen-bond donors (Lipinski definition) is 2. The summed E-state index contributed by atoms with van der Waals surface area (Å²) in [5.41, 5.74) is 6.75. The monoisotopic (exact) mass is 508 g/mol. The predicted octanol–water partition coefficient (Wildman–Crippen LogP) is 3.60. The molecule has 0 aliphatic carbocycles. The van der Waals surface area contributed by atoms with Crippen LogP contribution in [0.25, 0.3) is 0 Å². The van der Waals surface area contributed by atoms with Crippen molar-refractivity contribution in [2.24, 2.45) is 10.7 Å². The van der Waals surface area contributed by atoms with E-state index >= 15 is 0 Å². The van der Waals surface area contributed by atoms with Gasteiger partial charge in [0.25, 0.3) is 0 Å². The van der Waals surface area contributed by atoms with E-state index in [4.69, 9.17) is 19.9 Å². The Hall–Kier alpha value is -3.96. The first kappa shape index (κ1) is 26.6. The number of amides is 1. The molecule has 0 spiro atoms. The number of aromatic nitrogens is 3. The Kier molecular flexibility index (Phi) is 10.2. The van der Waals surface area contributed by atoms with E-state index in [-0.39, 0.29) is 29.5 Å². The van der Waals surface area contributed by atoms with E-state index < -0.39 is 5.91 Å². The summed E-state index contributed by atoms with van der Waals surface area (Å²) in [6.07, 6.45) is 6.43. The predicted molar refractivity (Wildman–Crippen MR) is 138 cm³/mol. The lowest BCUT2D eigenvalue weighted by molar-refractivity contribution is 0.0875. The van der Waals surface area contributed by atoms with Gasteiger partial charge in [-0.05, 0) is 55.7 Å². The molecular weight excluding hydrogens is 480 g/mol. The number of rotatable bonds is 12. The van der Waals surface area contributed by atoms with Crippen molar-refractivity contribution in [1.29, 1.82) is 0 Å². The Labute approximate surface area is 214 Å². The average Bonchev–Trinajstić information content (AvgIpc) is 2.87. The maximum atomic E-state index is 12.8. The molecule has 1 atom stereocenters. The smallest absolute Gasteiger partial charge is 0.316 e. The van der Waals surface area contributed by atoms with E-state index in [2.05, 4.69) is 25.3 Å². The van der Waals surface area contributed by atoms with Gasteiger partial charge in [-0.1, -0.05) is 6.07 Å². The van der Waals surface area contributed by atoms with Crippen molar-refractivity contribution in [3.63, 3.8) is 0 Å².